The summed E-state index contributed by atoms with van der Waals surface area (Å²) in [4.78, 5) is 0. The molecule has 1 unspecified atom stereocenters. The topological polar surface area (TPSA) is 32.3 Å². The Hall–Kier alpha value is -1.91. The molecular formula is C15H10ClF2NO. The summed E-state index contributed by atoms with van der Waals surface area (Å²) in [5.41, 5.74) is 2.26. The first kappa shape index (κ1) is 13.1. The first-order valence-electron chi connectivity index (χ1n) is 5.96. The van der Waals surface area contributed by atoms with Gasteiger partial charge in [-0.2, -0.15) is 0 Å². The molecule has 2 nitrogen and oxygen atoms in total. The van der Waals surface area contributed by atoms with E-state index >= 15 is 0 Å². The van der Waals surface area contributed by atoms with Crippen molar-refractivity contribution in [2.75, 3.05) is 5.32 Å². The molecule has 1 atom stereocenters. The summed E-state index contributed by atoms with van der Waals surface area (Å²) >= 11 is 6.30. The molecule has 0 saturated heterocycles. The van der Waals surface area contributed by atoms with Gasteiger partial charge in [-0.1, -0.05) is 23.7 Å². The number of rotatable bonds is 1. The number of nitrogens with one attached hydrogen (secondary N) is 1. The minimum atomic E-state index is -0.768. The van der Waals surface area contributed by atoms with Crippen LogP contribution in [0.15, 0.2) is 36.4 Å². The SMILES string of the molecule is OC1C=Cc2c(ccc(-c3cc(F)cc(F)c3)c2Cl)N1. The van der Waals surface area contributed by atoms with Crippen molar-refractivity contribution in [2.24, 2.45) is 0 Å². The molecule has 2 aromatic rings. The molecule has 0 aromatic heterocycles. The summed E-state index contributed by atoms with van der Waals surface area (Å²) in [5, 5.41) is 12.7. The summed E-state index contributed by atoms with van der Waals surface area (Å²) in [6.45, 7) is 0. The Morgan fingerprint density at radius 2 is 1.80 bits per heavy atom. The maximum absolute atomic E-state index is 13.3. The van der Waals surface area contributed by atoms with Gasteiger partial charge >= 0.3 is 0 Å². The van der Waals surface area contributed by atoms with Crippen LogP contribution in [0.3, 0.4) is 0 Å². The summed E-state index contributed by atoms with van der Waals surface area (Å²) in [7, 11) is 0. The van der Waals surface area contributed by atoms with Crippen LogP contribution < -0.4 is 5.32 Å². The molecule has 2 N–H and O–H groups in total. The molecule has 20 heavy (non-hydrogen) atoms. The Bertz CT molecular complexity index is 695. The van der Waals surface area contributed by atoms with Crippen molar-refractivity contribution < 1.29 is 13.9 Å². The highest BCUT2D eigenvalue weighted by molar-refractivity contribution is 6.35. The number of hydrogen-bond donors (Lipinski definition) is 2. The maximum Gasteiger partial charge on any atom is 0.144 e. The van der Waals surface area contributed by atoms with Gasteiger partial charge in [0.1, 0.15) is 17.9 Å². The third kappa shape index (κ3) is 2.28. The zero-order chi connectivity index (χ0) is 14.3. The van der Waals surface area contributed by atoms with Crippen LogP contribution in [-0.2, 0) is 0 Å². The lowest BCUT2D eigenvalue weighted by atomic mass is 9.99. The molecule has 5 heteroatoms. The predicted octanol–water partition coefficient (Wildman–Crippen LogP) is 4.04. The van der Waals surface area contributed by atoms with Gasteiger partial charge in [0.15, 0.2) is 0 Å². The predicted molar refractivity (Wildman–Crippen MR) is 75.5 cm³/mol. The van der Waals surface area contributed by atoms with E-state index in [2.05, 4.69) is 5.32 Å². The molecule has 3 rings (SSSR count). The lowest BCUT2D eigenvalue weighted by Crippen LogP contribution is -2.18. The van der Waals surface area contributed by atoms with Crippen molar-refractivity contribution in [3.63, 3.8) is 0 Å². The maximum atomic E-state index is 13.3. The Labute approximate surface area is 119 Å². The molecule has 1 heterocycles. The summed E-state index contributed by atoms with van der Waals surface area (Å²) in [6.07, 6.45) is 2.46. The number of hydrogen-bond acceptors (Lipinski definition) is 2. The van der Waals surface area contributed by atoms with Crippen LogP contribution in [0.5, 0.6) is 0 Å². The van der Waals surface area contributed by atoms with Crippen molar-refractivity contribution in [3.05, 3.63) is 58.6 Å². The average Bonchev–Trinajstić information content (AvgIpc) is 2.37. The van der Waals surface area contributed by atoms with E-state index < -0.39 is 17.9 Å². The molecule has 0 fully saturated rings. The van der Waals surface area contributed by atoms with Gasteiger partial charge in [0.2, 0.25) is 0 Å². The summed E-state index contributed by atoms with van der Waals surface area (Å²) < 4.78 is 26.6. The van der Waals surface area contributed by atoms with Crippen molar-refractivity contribution in [2.45, 2.75) is 6.23 Å². The molecule has 0 radical (unpaired) electrons. The molecule has 1 aliphatic rings. The van der Waals surface area contributed by atoms with Crippen molar-refractivity contribution in [1.29, 1.82) is 0 Å². The average molecular weight is 294 g/mol. The number of halogens is 3. The standard InChI is InChI=1S/C15H10ClF2NO/c16-15-11(8-5-9(17)7-10(18)6-8)1-3-13-12(15)2-4-14(20)19-13/h1-7,14,19-20H. The summed E-state index contributed by atoms with van der Waals surface area (Å²) in [6, 6.07) is 6.64. The van der Waals surface area contributed by atoms with Crippen LogP contribution in [0.2, 0.25) is 5.02 Å². The number of aliphatic hydroxyl groups excluding tert-OH is 1. The minimum Gasteiger partial charge on any atom is -0.370 e. The van der Waals surface area contributed by atoms with Crippen molar-refractivity contribution in [3.8, 4) is 11.1 Å². The highest BCUT2D eigenvalue weighted by Crippen LogP contribution is 2.37. The third-order valence-electron chi connectivity index (χ3n) is 3.10. The zero-order valence-corrected chi connectivity index (χ0v) is 11.0. The van der Waals surface area contributed by atoms with Crippen LogP contribution in [0.4, 0.5) is 14.5 Å². The fourth-order valence-electron chi connectivity index (χ4n) is 2.21. The molecule has 102 valence electrons. The smallest absolute Gasteiger partial charge is 0.144 e. The van der Waals surface area contributed by atoms with E-state index in [0.717, 1.165) is 6.07 Å². The Morgan fingerprint density at radius 3 is 2.50 bits per heavy atom. The van der Waals surface area contributed by atoms with E-state index in [1.54, 1.807) is 24.3 Å². The van der Waals surface area contributed by atoms with E-state index in [4.69, 9.17) is 11.6 Å². The molecule has 0 amide bonds. The number of fused-ring (bicyclic) bond motifs is 1. The van der Waals surface area contributed by atoms with Gasteiger partial charge < -0.3 is 10.4 Å². The Balaban J connectivity index is 2.15. The van der Waals surface area contributed by atoms with Gasteiger partial charge in [-0.15, -0.1) is 0 Å². The fourth-order valence-corrected chi connectivity index (χ4v) is 2.55. The second-order valence-electron chi connectivity index (χ2n) is 4.49. The van der Waals surface area contributed by atoms with E-state index in [1.165, 1.54) is 12.1 Å². The second kappa shape index (κ2) is 4.89. The van der Waals surface area contributed by atoms with Crippen LogP contribution in [0, 0.1) is 11.6 Å². The Morgan fingerprint density at radius 1 is 1.10 bits per heavy atom. The number of benzene rings is 2. The first-order valence-corrected chi connectivity index (χ1v) is 6.34. The zero-order valence-electron chi connectivity index (χ0n) is 10.2. The highest BCUT2D eigenvalue weighted by atomic mass is 35.5. The first-order chi connectivity index (χ1) is 9.54. The molecular weight excluding hydrogens is 284 g/mol. The molecule has 0 bridgehead atoms. The largest absolute Gasteiger partial charge is 0.370 e. The lowest BCUT2D eigenvalue weighted by Gasteiger charge is -2.20. The molecule has 0 spiro atoms. The lowest BCUT2D eigenvalue weighted by molar-refractivity contribution is 0.252. The molecule has 0 saturated carbocycles. The monoisotopic (exact) mass is 293 g/mol. The van der Waals surface area contributed by atoms with E-state index in [0.29, 0.717) is 27.4 Å². The quantitative estimate of drug-likeness (QED) is 0.831. The minimum absolute atomic E-state index is 0.370. The molecule has 1 aliphatic heterocycles. The molecule has 0 aliphatic carbocycles. The van der Waals surface area contributed by atoms with Crippen molar-refractivity contribution >= 4 is 23.4 Å². The van der Waals surface area contributed by atoms with Gasteiger partial charge in [0.05, 0.1) is 5.02 Å². The fraction of sp³-hybridized carbons (Fsp3) is 0.0667. The number of anilines is 1. The van der Waals surface area contributed by atoms with Crippen molar-refractivity contribution in [1.82, 2.24) is 0 Å². The van der Waals surface area contributed by atoms with Gasteiger partial charge in [-0.05, 0) is 29.8 Å². The van der Waals surface area contributed by atoms with Gasteiger partial charge in [-0.25, -0.2) is 8.78 Å². The third-order valence-corrected chi connectivity index (χ3v) is 3.51. The van der Waals surface area contributed by atoms with E-state index in [1.807, 2.05) is 0 Å². The molecule has 2 aromatic carbocycles. The Kier molecular flexibility index (Phi) is 3.20. The van der Waals surface area contributed by atoms with Gasteiger partial charge in [-0.3, -0.25) is 0 Å². The highest BCUT2D eigenvalue weighted by Gasteiger charge is 2.16. The van der Waals surface area contributed by atoms with E-state index in [-0.39, 0.29) is 0 Å². The van der Waals surface area contributed by atoms with Crippen LogP contribution >= 0.6 is 11.6 Å². The van der Waals surface area contributed by atoms with Gasteiger partial charge in [0, 0.05) is 22.9 Å². The van der Waals surface area contributed by atoms with Crippen LogP contribution in [-0.4, -0.2) is 11.3 Å². The van der Waals surface area contributed by atoms with Crippen LogP contribution in [0.1, 0.15) is 5.56 Å². The second-order valence-corrected chi connectivity index (χ2v) is 4.87. The summed E-state index contributed by atoms with van der Waals surface area (Å²) in [5.74, 6) is -1.31. The van der Waals surface area contributed by atoms with Gasteiger partial charge in [0.25, 0.3) is 0 Å². The van der Waals surface area contributed by atoms with Crippen LogP contribution in [0.25, 0.3) is 17.2 Å². The number of aliphatic hydroxyl groups is 1. The normalized spacial score (nSPS) is 16.7. The van der Waals surface area contributed by atoms with E-state index in [9.17, 15) is 13.9 Å².